The summed E-state index contributed by atoms with van der Waals surface area (Å²) in [4.78, 5) is 10.1. The quantitative estimate of drug-likeness (QED) is 0.609. The van der Waals surface area contributed by atoms with Crippen molar-refractivity contribution < 1.29 is 9.34 Å². The van der Waals surface area contributed by atoms with Crippen molar-refractivity contribution in [3.05, 3.63) is 64.1 Å². The molecule has 0 amide bonds. The summed E-state index contributed by atoms with van der Waals surface area (Å²) in [7, 11) is 0. The molecule has 2 rings (SSSR count). The van der Waals surface area contributed by atoms with Gasteiger partial charge in [-0.05, 0) is 17.7 Å². The highest BCUT2D eigenvalue weighted by atomic mass is 16.6. The zero-order valence-electron chi connectivity index (χ0n) is 9.45. The normalized spacial score (nSPS) is 11.7. The van der Waals surface area contributed by atoms with Gasteiger partial charge in [-0.3, -0.25) is 10.1 Å². The lowest BCUT2D eigenvalue weighted by Gasteiger charge is -2.07. The molecule has 0 saturated heterocycles. The Morgan fingerprint density at radius 2 is 2.06 bits per heavy atom. The Balaban J connectivity index is 2.18. The molecule has 0 bridgehead atoms. The fourth-order valence-corrected chi connectivity index (χ4v) is 1.70. The van der Waals surface area contributed by atoms with E-state index in [0.29, 0.717) is 6.42 Å². The third kappa shape index (κ3) is 2.55. The Kier molecular flexibility index (Phi) is 3.39. The van der Waals surface area contributed by atoms with E-state index in [-0.39, 0.29) is 11.6 Å². The average Bonchev–Trinajstić information content (AvgIpc) is 2.89. The average molecular weight is 242 g/mol. The molecular formula is C13H10N2O3. The van der Waals surface area contributed by atoms with E-state index in [1.807, 2.05) is 0 Å². The molecule has 1 atom stereocenters. The van der Waals surface area contributed by atoms with Crippen LogP contribution < -0.4 is 0 Å². The number of hydrogen-bond acceptors (Lipinski definition) is 4. The molecule has 5 heteroatoms. The first-order valence-corrected chi connectivity index (χ1v) is 5.37. The van der Waals surface area contributed by atoms with Crippen LogP contribution in [0.5, 0.6) is 0 Å². The summed E-state index contributed by atoms with van der Waals surface area (Å²) in [5, 5.41) is 19.7. The number of non-ortho nitro benzene ring substituents is 1. The molecule has 0 aliphatic rings. The Hall–Kier alpha value is -2.61. The fraction of sp³-hybridized carbons (Fsp3) is 0.154. The summed E-state index contributed by atoms with van der Waals surface area (Å²) in [6, 6.07) is 11.8. The highest BCUT2D eigenvalue weighted by Gasteiger charge is 2.14. The Morgan fingerprint density at radius 1 is 1.33 bits per heavy atom. The second-order valence-electron chi connectivity index (χ2n) is 3.81. The van der Waals surface area contributed by atoms with Crippen LogP contribution in [0.25, 0.3) is 0 Å². The standard InChI is InChI=1S/C13H10N2O3/c14-9-11(8-13-2-1-7-18-13)10-3-5-12(6-4-10)15(16)17/h1-7,11H,8H2. The summed E-state index contributed by atoms with van der Waals surface area (Å²) in [5.41, 5.74) is 0.771. The van der Waals surface area contributed by atoms with Gasteiger partial charge in [-0.2, -0.15) is 5.26 Å². The van der Waals surface area contributed by atoms with Crippen LogP contribution in [0, 0.1) is 21.4 Å². The molecule has 1 unspecified atom stereocenters. The van der Waals surface area contributed by atoms with E-state index in [0.717, 1.165) is 11.3 Å². The van der Waals surface area contributed by atoms with Crippen LogP contribution in [0.4, 0.5) is 5.69 Å². The molecule has 1 aromatic carbocycles. The van der Waals surface area contributed by atoms with E-state index < -0.39 is 4.92 Å². The summed E-state index contributed by atoms with van der Waals surface area (Å²) < 4.78 is 5.19. The van der Waals surface area contributed by atoms with Crippen molar-refractivity contribution in [3.8, 4) is 6.07 Å². The van der Waals surface area contributed by atoms with Crippen LogP contribution in [0.1, 0.15) is 17.2 Å². The van der Waals surface area contributed by atoms with Gasteiger partial charge in [-0.15, -0.1) is 0 Å². The topological polar surface area (TPSA) is 80.1 Å². The lowest BCUT2D eigenvalue weighted by atomic mass is 9.96. The van der Waals surface area contributed by atoms with E-state index in [1.165, 1.54) is 12.1 Å². The first-order chi connectivity index (χ1) is 8.70. The molecule has 90 valence electrons. The van der Waals surface area contributed by atoms with E-state index in [9.17, 15) is 10.1 Å². The zero-order valence-corrected chi connectivity index (χ0v) is 9.45. The molecule has 0 aliphatic heterocycles. The van der Waals surface area contributed by atoms with Crippen LogP contribution in [-0.4, -0.2) is 4.92 Å². The highest BCUT2D eigenvalue weighted by Crippen LogP contribution is 2.22. The van der Waals surface area contributed by atoms with Crippen LogP contribution in [0.2, 0.25) is 0 Å². The van der Waals surface area contributed by atoms with Crippen molar-refractivity contribution in [2.75, 3.05) is 0 Å². The number of nitrogens with zero attached hydrogens (tertiary/aromatic N) is 2. The largest absolute Gasteiger partial charge is 0.469 e. The lowest BCUT2D eigenvalue weighted by Crippen LogP contribution is -2.00. The van der Waals surface area contributed by atoms with Gasteiger partial charge in [0.25, 0.3) is 5.69 Å². The molecule has 0 fully saturated rings. The number of furan rings is 1. The van der Waals surface area contributed by atoms with Crippen LogP contribution in [-0.2, 0) is 6.42 Å². The minimum atomic E-state index is -0.461. The number of nitriles is 1. The highest BCUT2D eigenvalue weighted by molar-refractivity contribution is 5.36. The maximum atomic E-state index is 10.5. The maximum absolute atomic E-state index is 10.5. The first kappa shape index (κ1) is 11.9. The summed E-state index contributed by atoms with van der Waals surface area (Å²) in [6.07, 6.45) is 2.01. The molecule has 0 aliphatic carbocycles. The van der Waals surface area contributed by atoms with E-state index in [1.54, 1.807) is 30.5 Å². The van der Waals surface area contributed by atoms with Crippen molar-refractivity contribution in [1.29, 1.82) is 5.26 Å². The van der Waals surface area contributed by atoms with E-state index in [2.05, 4.69) is 6.07 Å². The monoisotopic (exact) mass is 242 g/mol. The molecule has 0 spiro atoms. The zero-order chi connectivity index (χ0) is 13.0. The molecule has 5 nitrogen and oxygen atoms in total. The van der Waals surface area contributed by atoms with Gasteiger partial charge in [0, 0.05) is 18.6 Å². The number of nitro benzene ring substituents is 1. The number of nitro groups is 1. The van der Waals surface area contributed by atoms with Gasteiger partial charge in [-0.25, -0.2) is 0 Å². The number of hydrogen-bond donors (Lipinski definition) is 0. The van der Waals surface area contributed by atoms with Crippen LogP contribution in [0.15, 0.2) is 47.1 Å². The summed E-state index contributed by atoms with van der Waals surface area (Å²) in [6.45, 7) is 0. The third-order valence-corrected chi connectivity index (χ3v) is 2.65. The molecular weight excluding hydrogens is 232 g/mol. The van der Waals surface area contributed by atoms with Gasteiger partial charge in [0.05, 0.1) is 23.2 Å². The minimum absolute atomic E-state index is 0.0217. The first-order valence-electron chi connectivity index (χ1n) is 5.37. The molecule has 2 aromatic rings. The van der Waals surface area contributed by atoms with Crippen molar-refractivity contribution in [3.63, 3.8) is 0 Å². The Labute approximate surface area is 103 Å². The smallest absolute Gasteiger partial charge is 0.269 e. The second-order valence-corrected chi connectivity index (χ2v) is 3.81. The predicted octanol–water partition coefficient (Wildman–Crippen LogP) is 3.04. The predicted molar refractivity (Wildman–Crippen MR) is 63.9 cm³/mol. The Bertz CT molecular complexity index is 567. The minimum Gasteiger partial charge on any atom is -0.469 e. The van der Waals surface area contributed by atoms with E-state index >= 15 is 0 Å². The molecule has 1 heterocycles. The number of benzene rings is 1. The van der Waals surface area contributed by atoms with Crippen molar-refractivity contribution in [2.45, 2.75) is 12.3 Å². The second kappa shape index (κ2) is 5.15. The molecule has 18 heavy (non-hydrogen) atoms. The van der Waals surface area contributed by atoms with Crippen molar-refractivity contribution >= 4 is 5.69 Å². The maximum Gasteiger partial charge on any atom is 0.269 e. The van der Waals surface area contributed by atoms with Crippen molar-refractivity contribution in [1.82, 2.24) is 0 Å². The van der Waals surface area contributed by atoms with Gasteiger partial charge in [0.15, 0.2) is 0 Å². The molecule has 0 saturated carbocycles. The number of rotatable bonds is 4. The molecule has 0 N–H and O–H groups in total. The lowest BCUT2D eigenvalue weighted by molar-refractivity contribution is -0.384. The summed E-state index contributed by atoms with van der Waals surface area (Å²) >= 11 is 0. The molecule has 0 radical (unpaired) electrons. The van der Waals surface area contributed by atoms with Gasteiger partial charge < -0.3 is 4.42 Å². The fourth-order valence-electron chi connectivity index (χ4n) is 1.70. The van der Waals surface area contributed by atoms with Gasteiger partial charge in [0.1, 0.15) is 5.76 Å². The summed E-state index contributed by atoms with van der Waals surface area (Å²) in [5.74, 6) is 0.358. The van der Waals surface area contributed by atoms with Gasteiger partial charge >= 0.3 is 0 Å². The van der Waals surface area contributed by atoms with Crippen molar-refractivity contribution in [2.24, 2.45) is 0 Å². The van der Waals surface area contributed by atoms with Gasteiger partial charge in [-0.1, -0.05) is 12.1 Å². The SMILES string of the molecule is N#CC(Cc1ccco1)c1ccc([N+](=O)[O-])cc1. The van der Waals surface area contributed by atoms with Crippen LogP contribution in [0.3, 0.4) is 0 Å². The third-order valence-electron chi connectivity index (χ3n) is 2.65. The van der Waals surface area contributed by atoms with E-state index in [4.69, 9.17) is 9.68 Å². The Morgan fingerprint density at radius 3 is 2.56 bits per heavy atom. The van der Waals surface area contributed by atoms with Gasteiger partial charge in [0.2, 0.25) is 0 Å². The van der Waals surface area contributed by atoms with Crippen LogP contribution >= 0.6 is 0 Å². The molecule has 1 aromatic heterocycles.